The highest BCUT2D eigenvalue weighted by Gasteiger charge is 2.23. The second-order valence-corrected chi connectivity index (χ2v) is 8.57. The van der Waals surface area contributed by atoms with Crippen LogP contribution in [0.25, 0.3) is 0 Å². The van der Waals surface area contributed by atoms with Crippen LogP contribution in [0.5, 0.6) is 0 Å². The van der Waals surface area contributed by atoms with E-state index < -0.39 is 10.0 Å². The molecule has 0 heterocycles. The molecule has 0 saturated carbocycles. The van der Waals surface area contributed by atoms with Crippen LogP contribution in [-0.2, 0) is 14.8 Å². The van der Waals surface area contributed by atoms with E-state index in [-0.39, 0.29) is 12.5 Å². The minimum Gasteiger partial charge on any atom is -0.373 e. The van der Waals surface area contributed by atoms with Crippen LogP contribution < -0.4 is 14.5 Å². The lowest BCUT2D eigenvalue weighted by Gasteiger charge is -2.24. The molecule has 146 valence electrons. The van der Waals surface area contributed by atoms with Gasteiger partial charge in [0.25, 0.3) is 0 Å². The number of para-hydroxylation sites is 1. The quantitative estimate of drug-likeness (QED) is 0.727. The smallest absolute Gasteiger partial charge is 0.240 e. The first-order valence-electron chi connectivity index (χ1n) is 8.46. The summed E-state index contributed by atoms with van der Waals surface area (Å²) in [5, 5.41) is 3.22. The molecule has 0 spiro atoms. The Labute approximate surface area is 165 Å². The van der Waals surface area contributed by atoms with E-state index in [1.54, 1.807) is 25.1 Å². The molecule has 27 heavy (non-hydrogen) atoms. The number of hydrogen-bond donors (Lipinski definition) is 1. The molecule has 0 aliphatic heterocycles. The summed E-state index contributed by atoms with van der Waals surface area (Å²) in [7, 11) is -1.70. The monoisotopic (exact) mass is 409 g/mol. The maximum absolute atomic E-state index is 12.3. The van der Waals surface area contributed by atoms with Gasteiger partial charge in [-0.05, 0) is 36.8 Å². The fourth-order valence-corrected chi connectivity index (χ4v) is 3.68. The van der Waals surface area contributed by atoms with E-state index in [1.807, 2.05) is 42.3 Å². The molecule has 1 N–H and O–H groups in total. The Balaban J connectivity index is 2.00. The lowest BCUT2D eigenvalue weighted by atomic mass is 10.2. The first-order valence-corrected chi connectivity index (χ1v) is 10.7. The third-order valence-electron chi connectivity index (χ3n) is 4.16. The number of nitrogens with zero attached hydrogens (tertiary/aromatic N) is 2. The molecular formula is C19H24ClN3O3S. The number of benzene rings is 2. The molecule has 0 unspecified atom stereocenters. The van der Waals surface area contributed by atoms with Crippen LogP contribution >= 0.6 is 11.6 Å². The molecule has 0 aromatic heterocycles. The molecular weight excluding hydrogens is 386 g/mol. The Hall–Kier alpha value is -2.25. The average Bonchev–Trinajstić information content (AvgIpc) is 2.62. The van der Waals surface area contributed by atoms with Crippen molar-refractivity contribution in [3.63, 3.8) is 0 Å². The molecule has 1 amide bonds. The Morgan fingerprint density at radius 3 is 2.41 bits per heavy atom. The van der Waals surface area contributed by atoms with E-state index in [0.717, 1.165) is 16.2 Å². The number of halogens is 1. The summed E-state index contributed by atoms with van der Waals surface area (Å²) >= 11 is 6.09. The van der Waals surface area contributed by atoms with Gasteiger partial charge < -0.3 is 10.2 Å². The van der Waals surface area contributed by atoms with Gasteiger partial charge in [0.2, 0.25) is 15.9 Å². The fourth-order valence-electron chi connectivity index (χ4n) is 2.61. The number of rotatable bonds is 8. The zero-order chi connectivity index (χ0) is 20.0. The Morgan fingerprint density at radius 1 is 1.11 bits per heavy atom. The van der Waals surface area contributed by atoms with Crippen molar-refractivity contribution in [2.24, 2.45) is 0 Å². The van der Waals surface area contributed by atoms with Crippen molar-refractivity contribution in [3.8, 4) is 0 Å². The summed E-state index contributed by atoms with van der Waals surface area (Å²) in [5.41, 5.74) is 2.06. The summed E-state index contributed by atoms with van der Waals surface area (Å²) < 4.78 is 25.5. The minimum atomic E-state index is -3.63. The van der Waals surface area contributed by atoms with Crippen LogP contribution in [0.1, 0.15) is 5.56 Å². The van der Waals surface area contributed by atoms with E-state index in [4.69, 9.17) is 11.6 Å². The van der Waals surface area contributed by atoms with Crippen LogP contribution in [0, 0.1) is 6.92 Å². The van der Waals surface area contributed by atoms with E-state index in [2.05, 4.69) is 5.32 Å². The second kappa shape index (κ2) is 9.10. The average molecular weight is 410 g/mol. The van der Waals surface area contributed by atoms with Gasteiger partial charge in [0.1, 0.15) is 6.54 Å². The highest BCUT2D eigenvalue weighted by Crippen LogP contribution is 2.27. The molecule has 2 rings (SSSR count). The Kier molecular flexibility index (Phi) is 7.10. The van der Waals surface area contributed by atoms with Crippen LogP contribution in [-0.4, -0.2) is 47.3 Å². The number of sulfonamides is 1. The van der Waals surface area contributed by atoms with Gasteiger partial charge in [0.05, 0.1) is 11.9 Å². The molecule has 0 fully saturated rings. The fraction of sp³-hybridized carbons (Fsp3) is 0.316. The van der Waals surface area contributed by atoms with E-state index in [1.165, 1.54) is 0 Å². The molecule has 0 bridgehead atoms. The maximum atomic E-state index is 12.3. The lowest BCUT2D eigenvalue weighted by molar-refractivity contribution is -0.119. The maximum Gasteiger partial charge on any atom is 0.240 e. The zero-order valence-electron chi connectivity index (χ0n) is 15.6. The summed E-state index contributed by atoms with van der Waals surface area (Å²) in [4.78, 5) is 14.3. The topological polar surface area (TPSA) is 69.7 Å². The lowest BCUT2D eigenvalue weighted by Crippen LogP contribution is -2.42. The third-order valence-corrected chi connectivity index (χ3v) is 5.70. The molecule has 0 aliphatic carbocycles. The molecule has 0 saturated heterocycles. The summed E-state index contributed by atoms with van der Waals surface area (Å²) in [6.07, 6.45) is 1.07. The molecule has 2 aromatic carbocycles. The van der Waals surface area contributed by atoms with Gasteiger partial charge >= 0.3 is 0 Å². The van der Waals surface area contributed by atoms with Crippen molar-refractivity contribution in [2.75, 3.05) is 42.1 Å². The van der Waals surface area contributed by atoms with Gasteiger partial charge in [-0.25, -0.2) is 8.42 Å². The van der Waals surface area contributed by atoms with Crippen molar-refractivity contribution in [1.82, 2.24) is 5.32 Å². The van der Waals surface area contributed by atoms with Crippen LogP contribution in [0.15, 0.2) is 48.5 Å². The summed E-state index contributed by atoms with van der Waals surface area (Å²) in [6, 6.07) is 14.8. The molecule has 2 aromatic rings. The minimum absolute atomic E-state index is 0.297. The number of hydrogen-bond acceptors (Lipinski definition) is 4. The van der Waals surface area contributed by atoms with Crippen molar-refractivity contribution in [2.45, 2.75) is 6.92 Å². The molecule has 8 heteroatoms. The van der Waals surface area contributed by atoms with Gasteiger partial charge in [-0.1, -0.05) is 35.9 Å². The van der Waals surface area contributed by atoms with E-state index in [9.17, 15) is 13.2 Å². The number of nitrogens with one attached hydrogen (secondary N) is 1. The van der Waals surface area contributed by atoms with Gasteiger partial charge in [0.15, 0.2) is 0 Å². The standard InChI is InChI=1S/C19H24ClN3O3S/c1-15-17(20)10-7-11-18(15)23(27(3,25)26)14-19(24)21-12-13-22(2)16-8-5-4-6-9-16/h4-11H,12-14H2,1-3H3,(H,21,24). The largest absolute Gasteiger partial charge is 0.373 e. The number of anilines is 2. The summed E-state index contributed by atoms with van der Waals surface area (Å²) in [5.74, 6) is -0.374. The number of amides is 1. The third kappa shape index (κ3) is 5.87. The van der Waals surface area contributed by atoms with E-state index >= 15 is 0 Å². The predicted octanol–water partition coefficient (Wildman–Crippen LogP) is 2.67. The van der Waals surface area contributed by atoms with Crippen molar-refractivity contribution < 1.29 is 13.2 Å². The van der Waals surface area contributed by atoms with Crippen molar-refractivity contribution in [3.05, 3.63) is 59.1 Å². The van der Waals surface area contributed by atoms with Crippen LogP contribution in [0.2, 0.25) is 5.02 Å². The Morgan fingerprint density at radius 2 is 1.78 bits per heavy atom. The normalized spacial score (nSPS) is 11.1. The van der Waals surface area contributed by atoms with Gasteiger partial charge in [-0.2, -0.15) is 0 Å². The first kappa shape index (κ1) is 21.1. The number of carbonyl (C=O) groups is 1. The predicted molar refractivity (Wildman–Crippen MR) is 111 cm³/mol. The number of likely N-dealkylation sites (N-methyl/N-ethyl adjacent to an activating group) is 1. The van der Waals surface area contributed by atoms with Crippen molar-refractivity contribution >= 4 is 38.9 Å². The highest BCUT2D eigenvalue weighted by atomic mass is 35.5. The summed E-state index contributed by atoms with van der Waals surface area (Å²) in [6.45, 7) is 2.43. The van der Waals surface area contributed by atoms with Crippen LogP contribution in [0.3, 0.4) is 0 Å². The molecule has 0 atom stereocenters. The zero-order valence-corrected chi connectivity index (χ0v) is 17.2. The van der Waals surface area contributed by atoms with E-state index in [0.29, 0.717) is 29.4 Å². The SMILES string of the molecule is Cc1c(Cl)cccc1N(CC(=O)NCCN(C)c1ccccc1)S(C)(=O)=O. The molecule has 0 radical (unpaired) electrons. The van der Waals surface area contributed by atoms with Gasteiger partial charge in [-0.3, -0.25) is 9.10 Å². The molecule has 6 nitrogen and oxygen atoms in total. The number of carbonyl (C=O) groups excluding carboxylic acids is 1. The highest BCUT2D eigenvalue weighted by molar-refractivity contribution is 7.92. The Bertz CT molecular complexity index is 888. The van der Waals surface area contributed by atoms with Gasteiger partial charge in [-0.15, -0.1) is 0 Å². The van der Waals surface area contributed by atoms with Crippen LogP contribution in [0.4, 0.5) is 11.4 Å². The second-order valence-electron chi connectivity index (χ2n) is 6.26. The van der Waals surface area contributed by atoms with Crippen molar-refractivity contribution in [1.29, 1.82) is 0 Å². The van der Waals surface area contributed by atoms with Gasteiger partial charge in [0, 0.05) is 30.8 Å². The first-order chi connectivity index (χ1) is 12.7. The molecule has 0 aliphatic rings.